The summed E-state index contributed by atoms with van der Waals surface area (Å²) in [6.45, 7) is 3.94. The Bertz CT molecular complexity index is 521. The Hall–Kier alpha value is -2.09. The number of rotatable bonds is 4. The molecule has 2 aromatic rings. The van der Waals surface area contributed by atoms with Crippen LogP contribution in [0.4, 0.5) is 0 Å². The third kappa shape index (κ3) is 3.44. The largest absolute Gasteiger partial charge is 0.349 e. The molecule has 0 saturated heterocycles. The smallest absolute Gasteiger partial charge is 0.227 e. The van der Waals surface area contributed by atoms with Gasteiger partial charge in [-0.1, -0.05) is 60.7 Å². The molecular formula is C17H19NO. The fourth-order valence-electron chi connectivity index (χ4n) is 2.06. The van der Waals surface area contributed by atoms with E-state index < -0.39 is 0 Å². The van der Waals surface area contributed by atoms with Crippen molar-refractivity contribution in [2.24, 2.45) is 0 Å². The molecule has 1 amide bonds. The molecular weight excluding hydrogens is 234 g/mol. The summed E-state index contributed by atoms with van der Waals surface area (Å²) in [5, 5.41) is 3.06. The van der Waals surface area contributed by atoms with Crippen LogP contribution in [0.1, 0.15) is 36.9 Å². The lowest BCUT2D eigenvalue weighted by molar-refractivity contribution is -0.122. The SMILES string of the molecule is CC(C(=O)N[C@H](C)c1ccccc1)c1ccccc1. The van der Waals surface area contributed by atoms with Gasteiger partial charge in [-0.25, -0.2) is 0 Å². The van der Waals surface area contributed by atoms with Crippen LogP contribution < -0.4 is 5.32 Å². The average molecular weight is 253 g/mol. The standard InChI is InChI=1S/C17H19NO/c1-13(15-9-5-3-6-10-15)17(19)18-14(2)16-11-7-4-8-12-16/h3-14H,1-2H3,(H,18,19)/t13?,14-/m1/s1. The number of hydrogen-bond acceptors (Lipinski definition) is 1. The first kappa shape index (κ1) is 13.3. The quantitative estimate of drug-likeness (QED) is 0.885. The van der Waals surface area contributed by atoms with E-state index in [4.69, 9.17) is 0 Å². The van der Waals surface area contributed by atoms with Crippen molar-refractivity contribution in [1.82, 2.24) is 5.32 Å². The highest BCUT2D eigenvalue weighted by Gasteiger charge is 2.17. The Morgan fingerprint density at radius 3 is 1.84 bits per heavy atom. The summed E-state index contributed by atoms with van der Waals surface area (Å²) in [5.74, 6) is -0.0742. The lowest BCUT2D eigenvalue weighted by Crippen LogP contribution is -2.30. The van der Waals surface area contributed by atoms with Crippen molar-refractivity contribution in [3.05, 3.63) is 71.8 Å². The van der Waals surface area contributed by atoms with Gasteiger partial charge in [0.05, 0.1) is 12.0 Å². The van der Waals surface area contributed by atoms with Gasteiger partial charge in [-0.05, 0) is 25.0 Å². The highest BCUT2D eigenvalue weighted by atomic mass is 16.1. The summed E-state index contributed by atoms with van der Waals surface area (Å²) >= 11 is 0. The minimum absolute atomic E-state index is 0.0277. The Morgan fingerprint density at radius 1 is 0.842 bits per heavy atom. The van der Waals surface area contributed by atoms with E-state index in [1.165, 1.54) is 0 Å². The van der Waals surface area contributed by atoms with Gasteiger partial charge >= 0.3 is 0 Å². The second kappa shape index (κ2) is 6.19. The molecule has 0 aliphatic rings. The van der Waals surface area contributed by atoms with Crippen LogP contribution in [0.3, 0.4) is 0 Å². The highest BCUT2D eigenvalue weighted by molar-refractivity contribution is 5.83. The van der Waals surface area contributed by atoms with Gasteiger partial charge in [0, 0.05) is 0 Å². The van der Waals surface area contributed by atoms with Crippen LogP contribution in [0, 0.1) is 0 Å². The average Bonchev–Trinajstić information content (AvgIpc) is 2.48. The molecule has 2 nitrogen and oxygen atoms in total. The van der Waals surface area contributed by atoms with Gasteiger partial charge in [-0.2, -0.15) is 0 Å². The highest BCUT2D eigenvalue weighted by Crippen LogP contribution is 2.17. The number of amides is 1. The third-order valence-corrected chi connectivity index (χ3v) is 3.35. The Kier molecular flexibility index (Phi) is 4.35. The van der Waals surface area contributed by atoms with E-state index in [1.54, 1.807) is 0 Å². The molecule has 2 rings (SSSR count). The molecule has 98 valence electrons. The van der Waals surface area contributed by atoms with Crippen molar-refractivity contribution in [3.63, 3.8) is 0 Å². The number of carbonyl (C=O) groups excluding carboxylic acids is 1. The summed E-state index contributed by atoms with van der Waals surface area (Å²) in [4.78, 5) is 12.2. The first-order chi connectivity index (χ1) is 9.18. The van der Waals surface area contributed by atoms with E-state index in [9.17, 15) is 4.79 Å². The minimum Gasteiger partial charge on any atom is -0.349 e. The zero-order valence-corrected chi connectivity index (χ0v) is 11.3. The maximum absolute atomic E-state index is 12.2. The first-order valence-electron chi connectivity index (χ1n) is 6.58. The zero-order valence-electron chi connectivity index (χ0n) is 11.3. The van der Waals surface area contributed by atoms with Gasteiger partial charge in [0.15, 0.2) is 0 Å². The topological polar surface area (TPSA) is 29.1 Å². The summed E-state index contributed by atoms with van der Waals surface area (Å²) in [5.41, 5.74) is 2.16. The molecule has 0 heterocycles. The maximum atomic E-state index is 12.2. The second-order valence-electron chi connectivity index (χ2n) is 4.77. The number of benzene rings is 2. The molecule has 0 radical (unpaired) electrons. The van der Waals surface area contributed by atoms with Crippen LogP contribution >= 0.6 is 0 Å². The Labute approximate surface area is 114 Å². The third-order valence-electron chi connectivity index (χ3n) is 3.35. The molecule has 2 atom stereocenters. The summed E-state index contributed by atoms with van der Waals surface area (Å²) in [7, 11) is 0. The summed E-state index contributed by atoms with van der Waals surface area (Å²) < 4.78 is 0. The number of carbonyl (C=O) groups is 1. The maximum Gasteiger partial charge on any atom is 0.227 e. The first-order valence-corrected chi connectivity index (χ1v) is 6.58. The van der Waals surface area contributed by atoms with Crippen molar-refractivity contribution >= 4 is 5.91 Å². The van der Waals surface area contributed by atoms with Crippen LogP contribution in [-0.4, -0.2) is 5.91 Å². The van der Waals surface area contributed by atoms with Gasteiger partial charge in [0.1, 0.15) is 0 Å². The van der Waals surface area contributed by atoms with Crippen LogP contribution in [0.5, 0.6) is 0 Å². The van der Waals surface area contributed by atoms with Crippen molar-refractivity contribution in [2.75, 3.05) is 0 Å². The van der Waals surface area contributed by atoms with Crippen molar-refractivity contribution in [2.45, 2.75) is 25.8 Å². The van der Waals surface area contributed by atoms with Gasteiger partial charge in [0.2, 0.25) is 5.91 Å². The van der Waals surface area contributed by atoms with Crippen LogP contribution in [0.15, 0.2) is 60.7 Å². The van der Waals surface area contributed by atoms with Gasteiger partial charge < -0.3 is 5.32 Å². The molecule has 1 N–H and O–H groups in total. The Balaban J connectivity index is 2.02. The van der Waals surface area contributed by atoms with E-state index in [0.29, 0.717) is 0 Å². The van der Waals surface area contributed by atoms with Crippen LogP contribution in [-0.2, 0) is 4.79 Å². The molecule has 2 heteroatoms. The van der Waals surface area contributed by atoms with E-state index in [1.807, 2.05) is 74.5 Å². The lowest BCUT2D eigenvalue weighted by atomic mass is 9.99. The van der Waals surface area contributed by atoms with Gasteiger partial charge in [-0.3, -0.25) is 4.79 Å². The molecule has 1 unspecified atom stereocenters. The molecule has 0 aromatic heterocycles. The molecule has 0 aliphatic heterocycles. The number of hydrogen-bond donors (Lipinski definition) is 1. The fourth-order valence-corrected chi connectivity index (χ4v) is 2.06. The molecule has 0 spiro atoms. The normalized spacial score (nSPS) is 13.6. The monoisotopic (exact) mass is 253 g/mol. The van der Waals surface area contributed by atoms with E-state index >= 15 is 0 Å². The number of nitrogens with one attached hydrogen (secondary N) is 1. The summed E-state index contributed by atoms with van der Waals surface area (Å²) in [6, 6.07) is 19.9. The fraction of sp³-hybridized carbons (Fsp3) is 0.235. The lowest BCUT2D eigenvalue weighted by Gasteiger charge is -2.18. The van der Waals surface area contributed by atoms with Crippen LogP contribution in [0.2, 0.25) is 0 Å². The summed E-state index contributed by atoms with van der Waals surface area (Å²) in [6.07, 6.45) is 0. The zero-order chi connectivity index (χ0) is 13.7. The van der Waals surface area contributed by atoms with E-state index in [2.05, 4.69) is 5.32 Å². The van der Waals surface area contributed by atoms with Gasteiger partial charge in [0.25, 0.3) is 0 Å². The van der Waals surface area contributed by atoms with E-state index in [0.717, 1.165) is 11.1 Å². The Morgan fingerprint density at radius 2 is 1.32 bits per heavy atom. The molecule has 0 fully saturated rings. The van der Waals surface area contributed by atoms with Gasteiger partial charge in [-0.15, -0.1) is 0 Å². The molecule has 0 bridgehead atoms. The molecule has 19 heavy (non-hydrogen) atoms. The minimum atomic E-state index is -0.132. The predicted molar refractivity (Wildman–Crippen MR) is 77.9 cm³/mol. The van der Waals surface area contributed by atoms with Crippen molar-refractivity contribution in [1.29, 1.82) is 0 Å². The molecule has 2 aromatic carbocycles. The molecule has 0 aliphatic carbocycles. The molecule has 0 saturated carbocycles. The van der Waals surface area contributed by atoms with Crippen molar-refractivity contribution < 1.29 is 4.79 Å². The van der Waals surface area contributed by atoms with Crippen LogP contribution in [0.25, 0.3) is 0 Å². The second-order valence-corrected chi connectivity index (χ2v) is 4.77. The predicted octanol–water partition coefficient (Wildman–Crippen LogP) is 3.67. The van der Waals surface area contributed by atoms with Crippen molar-refractivity contribution in [3.8, 4) is 0 Å². The van der Waals surface area contributed by atoms with E-state index in [-0.39, 0.29) is 17.9 Å².